The highest BCUT2D eigenvalue weighted by atomic mass is 32.2. The lowest BCUT2D eigenvalue weighted by molar-refractivity contribution is -0.124. The van der Waals surface area contributed by atoms with Crippen LogP contribution in [0.2, 0.25) is 0 Å². The summed E-state index contributed by atoms with van der Waals surface area (Å²) in [6.45, 7) is 3.26. The minimum Gasteiger partial charge on any atom is -0.384 e. The molecule has 0 saturated carbocycles. The van der Waals surface area contributed by atoms with Crippen LogP contribution in [0.15, 0.2) is 53.5 Å². The van der Waals surface area contributed by atoms with Crippen LogP contribution in [0.4, 0.5) is 11.4 Å². The largest absolute Gasteiger partial charge is 0.384 e. The van der Waals surface area contributed by atoms with E-state index >= 15 is 0 Å². The van der Waals surface area contributed by atoms with Crippen LogP contribution in [0, 0.1) is 11.3 Å². The lowest BCUT2D eigenvalue weighted by atomic mass is 10.2. The number of hydrogen-bond acceptors (Lipinski definition) is 5. The Morgan fingerprint density at radius 1 is 1.28 bits per heavy atom. The van der Waals surface area contributed by atoms with Gasteiger partial charge in [0, 0.05) is 6.54 Å². The van der Waals surface area contributed by atoms with Gasteiger partial charge < -0.3 is 5.32 Å². The summed E-state index contributed by atoms with van der Waals surface area (Å²) in [5.74, 6) is 0.439. The number of amidine groups is 1. The Balaban J connectivity index is 1.93. The van der Waals surface area contributed by atoms with Crippen molar-refractivity contribution in [2.75, 3.05) is 17.6 Å². The molecule has 1 aliphatic rings. The second-order valence-corrected chi connectivity index (χ2v) is 6.47. The first-order chi connectivity index (χ1) is 12.2. The molecule has 1 N–H and O–H groups in total. The van der Waals surface area contributed by atoms with Crippen LogP contribution < -0.4 is 5.32 Å². The van der Waals surface area contributed by atoms with E-state index in [9.17, 15) is 4.79 Å². The van der Waals surface area contributed by atoms with Crippen molar-refractivity contribution in [2.24, 2.45) is 4.99 Å². The summed E-state index contributed by atoms with van der Waals surface area (Å²) in [4.78, 5) is 18.7. The molecule has 1 amide bonds. The van der Waals surface area contributed by atoms with Gasteiger partial charge in [0.1, 0.15) is 0 Å². The molecule has 5 nitrogen and oxygen atoms in total. The minimum absolute atomic E-state index is 0.0500. The number of benzene rings is 2. The molecule has 0 bridgehead atoms. The van der Waals surface area contributed by atoms with Crippen molar-refractivity contribution in [3.8, 4) is 6.07 Å². The van der Waals surface area contributed by atoms with Gasteiger partial charge in [-0.2, -0.15) is 5.26 Å². The van der Waals surface area contributed by atoms with Crippen LogP contribution in [0.5, 0.6) is 0 Å². The number of nitrogens with one attached hydrogen (secondary N) is 1. The van der Waals surface area contributed by atoms with Gasteiger partial charge in [0.25, 0.3) is 0 Å². The number of amides is 1. The Labute approximate surface area is 151 Å². The van der Waals surface area contributed by atoms with Crippen LogP contribution in [-0.4, -0.2) is 28.3 Å². The molecule has 0 aromatic heterocycles. The van der Waals surface area contributed by atoms with Crippen molar-refractivity contribution in [1.29, 1.82) is 5.26 Å². The zero-order chi connectivity index (χ0) is 17.6. The van der Waals surface area contributed by atoms with Gasteiger partial charge in [-0.25, -0.2) is 4.99 Å². The third kappa shape index (κ3) is 4.01. The maximum Gasteiger partial charge on any atom is 0.239 e. The van der Waals surface area contributed by atoms with Crippen LogP contribution in [0.1, 0.15) is 18.1 Å². The van der Waals surface area contributed by atoms with Gasteiger partial charge in [0.05, 0.1) is 35.3 Å². The number of rotatable bonds is 5. The molecular formula is C19H18N4OS. The Kier molecular flexibility index (Phi) is 5.36. The molecule has 2 aromatic rings. The summed E-state index contributed by atoms with van der Waals surface area (Å²) in [5.41, 5.74) is 3.14. The Morgan fingerprint density at radius 3 is 2.80 bits per heavy atom. The third-order valence-electron chi connectivity index (χ3n) is 3.75. The highest BCUT2D eigenvalue weighted by Crippen LogP contribution is 2.31. The van der Waals surface area contributed by atoms with Crippen LogP contribution in [-0.2, 0) is 11.3 Å². The molecule has 0 unspecified atom stereocenters. The van der Waals surface area contributed by atoms with E-state index in [1.165, 1.54) is 11.8 Å². The number of carbonyl (C=O) groups excluding carboxylic acids is 1. The van der Waals surface area contributed by atoms with Crippen molar-refractivity contribution in [1.82, 2.24) is 4.90 Å². The van der Waals surface area contributed by atoms with E-state index in [-0.39, 0.29) is 5.91 Å². The standard InChI is InChI=1S/C19H18N4OS/c1-2-21-16-9-8-15(11-20)10-17(16)22-19-23(18(24)13-25-19)12-14-6-4-3-5-7-14/h3-10,21H,2,12-13H2,1H3. The van der Waals surface area contributed by atoms with Crippen molar-refractivity contribution >= 4 is 34.2 Å². The van der Waals surface area contributed by atoms with Gasteiger partial charge in [-0.15, -0.1) is 0 Å². The fraction of sp³-hybridized carbons (Fsp3) is 0.211. The number of carbonyl (C=O) groups is 1. The highest BCUT2D eigenvalue weighted by Gasteiger charge is 2.28. The molecule has 25 heavy (non-hydrogen) atoms. The topological polar surface area (TPSA) is 68.5 Å². The van der Waals surface area contributed by atoms with Gasteiger partial charge in [0.2, 0.25) is 5.91 Å². The summed E-state index contributed by atoms with van der Waals surface area (Å²) >= 11 is 1.43. The second kappa shape index (κ2) is 7.86. The molecule has 1 saturated heterocycles. The molecule has 126 valence electrons. The van der Waals surface area contributed by atoms with E-state index in [4.69, 9.17) is 5.26 Å². The van der Waals surface area contributed by atoms with Crippen molar-refractivity contribution < 1.29 is 4.79 Å². The Bertz CT molecular complexity index is 842. The molecule has 0 atom stereocenters. The first kappa shape index (κ1) is 17.1. The van der Waals surface area contributed by atoms with Crippen LogP contribution in [0.25, 0.3) is 0 Å². The number of anilines is 1. The molecule has 0 aliphatic carbocycles. The van der Waals surface area contributed by atoms with Gasteiger partial charge >= 0.3 is 0 Å². The second-order valence-electron chi connectivity index (χ2n) is 5.52. The number of nitrogens with zero attached hydrogens (tertiary/aromatic N) is 3. The SMILES string of the molecule is CCNc1ccc(C#N)cc1N=C1SCC(=O)N1Cc1ccccc1. The normalized spacial score (nSPS) is 15.4. The molecule has 1 fully saturated rings. The van der Waals surface area contributed by atoms with Gasteiger partial charge in [-0.05, 0) is 30.7 Å². The average molecular weight is 350 g/mol. The molecule has 1 aliphatic heterocycles. The summed E-state index contributed by atoms with van der Waals surface area (Å²) in [6, 6.07) is 17.4. The molecular weight excluding hydrogens is 332 g/mol. The zero-order valence-electron chi connectivity index (χ0n) is 13.9. The summed E-state index contributed by atoms with van der Waals surface area (Å²) in [7, 11) is 0. The van der Waals surface area contributed by atoms with Crippen molar-refractivity contribution in [3.63, 3.8) is 0 Å². The molecule has 3 rings (SSSR count). The predicted molar refractivity (Wildman–Crippen MR) is 102 cm³/mol. The first-order valence-corrected chi connectivity index (χ1v) is 9.03. The number of thioether (sulfide) groups is 1. The Hall–Kier alpha value is -2.78. The van der Waals surface area contributed by atoms with E-state index < -0.39 is 0 Å². The fourth-order valence-electron chi connectivity index (χ4n) is 2.54. The minimum atomic E-state index is 0.0500. The summed E-state index contributed by atoms with van der Waals surface area (Å²) in [6.07, 6.45) is 0. The quantitative estimate of drug-likeness (QED) is 0.891. The lowest BCUT2D eigenvalue weighted by Gasteiger charge is -2.17. The van der Waals surface area contributed by atoms with Crippen molar-refractivity contribution in [3.05, 3.63) is 59.7 Å². The molecule has 0 radical (unpaired) electrons. The number of aliphatic imine (C=N–C) groups is 1. The molecule has 1 heterocycles. The summed E-state index contributed by atoms with van der Waals surface area (Å²) < 4.78 is 0. The maximum atomic E-state index is 12.3. The van der Waals surface area contributed by atoms with Gasteiger partial charge in [0.15, 0.2) is 5.17 Å². The average Bonchev–Trinajstić information content (AvgIpc) is 2.97. The zero-order valence-corrected chi connectivity index (χ0v) is 14.7. The van der Waals surface area contributed by atoms with E-state index in [1.54, 1.807) is 17.0 Å². The van der Waals surface area contributed by atoms with E-state index in [0.29, 0.717) is 28.7 Å². The Morgan fingerprint density at radius 2 is 2.08 bits per heavy atom. The van der Waals surface area contributed by atoms with E-state index in [2.05, 4.69) is 16.4 Å². The van der Waals surface area contributed by atoms with Crippen LogP contribution in [0.3, 0.4) is 0 Å². The monoisotopic (exact) mass is 350 g/mol. The number of nitriles is 1. The van der Waals surface area contributed by atoms with Gasteiger partial charge in [-0.3, -0.25) is 9.69 Å². The number of hydrogen-bond donors (Lipinski definition) is 1. The van der Waals surface area contributed by atoms with E-state index in [1.807, 2.05) is 43.3 Å². The smallest absolute Gasteiger partial charge is 0.239 e. The fourth-order valence-corrected chi connectivity index (χ4v) is 3.43. The van der Waals surface area contributed by atoms with Gasteiger partial charge in [-0.1, -0.05) is 42.1 Å². The molecule has 0 spiro atoms. The molecule has 6 heteroatoms. The first-order valence-electron chi connectivity index (χ1n) is 8.05. The molecule has 2 aromatic carbocycles. The highest BCUT2D eigenvalue weighted by molar-refractivity contribution is 8.15. The predicted octanol–water partition coefficient (Wildman–Crippen LogP) is 3.75. The van der Waals surface area contributed by atoms with Crippen LogP contribution >= 0.6 is 11.8 Å². The third-order valence-corrected chi connectivity index (χ3v) is 4.71. The maximum absolute atomic E-state index is 12.3. The van der Waals surface area contributed by atoms with Crippen molar-refractivity contribution in [2.45, 2.75) is 13.5 Å². The summed E-state index contributed by atoms with van der Waals surface area (Å²) in [5, 5.41) is 13.1. The lowest BCUT2D eigenvalue weighted by Crippen LogP contribution is -2.28. The van der Waals surface area contributed by atoms with E-state index in [0.717, 1.165) is 17.8 Å².